The molecular weight excluding hydrogens is 214 g/mol. The summed E-state index contributed by atoms with van der Waals surface area (Å²) >= 11 is 3.49. The fourth-order valence-corrected chi connectivity index (χ4v) is 1.51. The quantitative estimate of drug-likeness (QED) is 0.717. The third kappa shape index (κ3) is 2.94. The van der Waals surface area contributed by atoms with E-state index in [4.69, 9.17) is 0 Å². The standard InChI is InChI=1S/C10H14BrN/c1-10(2,3)6-8-4-5-12-7-9(8)11/h4-5,7H,6H2,1-3H3. The molecule has 1 aromatic heterocycles. The highest BCUT2D eigenvalue weighted by molar-refractivity contribution is 9.10. The predicted molar refractivity (Wildman–Crippen MR) is 55.1 cm³/mol. The summed E-state index contributed by atoms with van der Waals surface area (Å²) in [4.78, 5) is 4.03. The minimum atomic E-state index is 0.337. The normalized spacial score (nSPS) is 11.7. The van der Waals surface area contributed by atoms with Crippen LogP contribution in [0.3, 0.4) is 0 Å². The Morgan fingerprint density at radius 2 is 2.08 bits per heavy atom. The SMILES string of the molecule is CC(C)(C)Cc1ccncc1Br. The zero-order valence-electron chi connectivity index (χ0n) is 7.76. The molecule has 0 radical (unpaired) electrons. The monoisotopic (exact) mass is 227 g/mol. The van der Waals surface area contributed by atoms with Crippen molar-refractivity contribution in [1.29, 1.82) is 0 Å². The topological polar surface area (TPSA) is 12.9 Å². The van der Waals surface area contributed by atoms with Gasteiger partial charge in [-0.15, -0.1) is 0 Å². The number of nitrogens with zero attached hydrogens (tertiary/aromatic N) is 1. The molecule has 0 fully saturated rings. The van der Waals surface area contributed by atoms with E-state index in [9.17, 15) is 0 Å². The molecule has 0 unspecified atom stereocenters. The Morgan fingerprint density at radius 3 is 2.58 bits per heavy atom. The van der Waals surface area contributed by atoms with Crippen LogP contribution in [0.4, 0.5) is 0 Å². The highest BCUT2D eigenvalue weighted by Gasteiger charge is 2.12. The average Bonchev–Trinajstić information content (AvgIpc) is 1.91. The Labute approximate surface area is 82.3 Å². The lowest BCUT2D eigenvalue weighted by molar-refractivity contribution is 0.410. The summed E-state index contributed by atoms with van der Waals surface area (Å²) in [6.07, 6.45) is 4.77. The van der Waals surface area contributed by atoms with Crippen LogP contribution in [0.1, 0.15) is 26.3 Å². The molecule has 0 bridgehead atoms. The van der Waals surface area contributed by atoms with Gasteiger partial charge in [-0.2, -0.15) is 0 Å². The van der Waals surface area contributed by atoms with Gasteiger partial charge >= 0.3 is 0 Å². The maximum atomic E-state index is 4.03. The molecule has 1 rings (SSSR count). The van der Waals surface area contributed by atoms with Crippen LogP contribution in [0.15, 0.2) is 22.9 Å². The molecule has 0 spiro atoms. The number of rotatable bonds is 1. The van der Waals surface area contributed by atoms with E-state index in [1.54, 1.807) is 0 Å². The smallest absolute Gasteiger partial charge is 0.0412 e. The molecule has 1 nitrogen and oxygen atoms in total. The summed E-state index contributed by atoms with van der Waals surface area (Å²) in [6.45, 7) is 6.71. The Morgan fingerprint density at radius 1 is 1.42 bits per heavy atom. The van der Waals surface area contributed by atoms with E-state index in [0.29, 0.717) is 5.41 Å². The molecule has 1 aromatic rings. The molecule has 0 aromatic carbocycles. The van der Waals surface area contributed by atoms with Crippen molar-refractivity contribution in [2.45, 2.75) is 27.2 Å². The summed E-state index contributed by atoms with van der Waals surface area (Å²) in [5, 5.41) is 0. The van der Waals surface area contributed by atoms with E-state index in [-0.39, 0.29) is 0 Å². The Bertz CT molecular complexity index is 263. The van der Waals surface area contributed by atoms with Crippen molar-refractivity contribution in [3.8, 4) is 0 Å². The van der Waals surface area contributed by atoms with Gasteiger partial charge in [0.05, 0.1) is 0 Å². The minimum Gasteiger partial charge on any atom is -0.264 e. The first-order valence-electron chi connectivity index (χ1n) is 4.07. The third-order valence-corrected chi connectivity index (χ3v) is 2.29. The van der Waals surface area contributed by atoms with Gasteiger partial charge in [0.15, 0.2) is 0 Å². The maximum absolute atomic E-state index is 4.03. The molecule has 12 heavy (non-hydrogen) atoms. The zero-order valence-corrected chi connectivity index (χ0v) is 9.35. The van der Waals surface area contributed by atoms with E-state index in [2.05, 4.69) is 47.8 Å². The highest BCUT2D eigenvalue weighted by atomic mass is 79.9. The lowest BCUT2D eigenvalue weighted by Gasteiger charge is -2.18. The van der Waals surface area contributed by atoms with E-state index < -0.39 is 0 Å². The largest absolute Gasteiger partial charge is 0.264 e. The van der Waals surface area contributed by atoms with E-state index in [0.717, 1.165) is 10.9 Å². The summed E-state index contributed by atoms with van der Waals surface area (Å²) in [5.74, 6) is 0. The van der Waals surface area contributed by atoms with Crippen LogP contribution in [0, 0.1) is 5.41 Å². The molecule has 0 saturated carbocycles. The van der Waals surface area contributed by atoms with Gasteiger partial charge in [0, 0.05) is 16.9 Å². The van der Waals surface area contributed by atoms with Crippen LogP contribution in [0.5, 0.6) is 0 Å². The van der Waals surface area contributed by atoms with Crippen LogP contribution in [0.25, 0.3) is 0 Å². The van der Waals surface area contributed by atoms with Crippen molar-refractivity contribution in [3.05, 3.63) is 28.5 Å². The van der Waals surface area contributed by atoms with Crippen LogP contribution >= 0.6 is 15.9 Å². The van der Waals surface area contributed by atoms with Gasteiger partial charge in [-0.05, 0) is 39.4 Å². The highest BCUT2D eigenvalue weighted by Crippen LogP contribution is 2.24. The molecule has 66 valence electrons. The van der Waals surface area contributed by atoms with Gasteiger partial charge in [0.25, 0.3) is 0 Å². The Hall–Kier alpha value is -0.370. The van der Waals surface area contributed by atoms with Crippen LogP contribution in [-0.2, 0) is 6.42 Å². The third-order valence-electron chi connectivity index (χ3n) is 1.58. The average molecular weight is 228 g/mol. The van der Waals surface area contributed by atoms with Gasteiger partial charge in [-0.1, -0.05) is 20.8 Å². The van der Waals surface area contributed by atoms with Gasteiger partial charge in [0.2, 0.25) is 0 Å². The summed E-state index contributed by atoms with van der Waals surface area (Å²) in [5.41, 5.74) is 1.67. The van der Waals surface area contributed by atoms with Crippen molar-refractivity contribution < 1.29 is 0 Å². The van der Waals surface area contributed by atoms with E-state index >= 15 is 0 Å². The maximum Gasteiger partial charge on any atom is 0.0412 e. The lowest BCUT2D eigenvalue weighted by atomic mass is 9.89. The van der Waals surface area contributed by atoms with Crippen LogP contribution in [-0.4, -0.2) is 4.98 Å². The molecule has 0 atom stereocenters. The van der Waals surface area contributed by atoms with Crippen molar-refractivity contribution in [2.75, 3.05) is 0 Å². The number of pyridine rings is 1. The van der Waals surface area contributed by atoms with Gasteiger partial charge in [-0.3, -0.25) is 4.98 Å². The summed E-state index contributed by atoms with van der Waals surface area (Å²) in [6, 6.07) is 2.06. The first-order valence-corrected chi connectivity index (χ1v) is 4.87. The van der Waals surface area contributed by atoms with Crippen molar-refractivity contribution in [3.63, 3.8) is 0 Å². The first-order chi connectivity index (χ1) is 5.49. The Balaban J connectivity index is 2.83. The molecule has 2 heteroatoms. The minimum absolute atomic E-state index is 0.337. The molecule has 0 aliphatic carbocycles. The fourth-order valence-electron chi connectivity index (χ4n) is 1.12. The number of hydrogen-bond donors (Lipinski definition) is 0. The summed E-state index contributed by atoms with van der Waals surface area (Å²) < 4.78 is 1.11. The van der Waals surface area contributed by atoms with Crippen molar-refractivity contribution >= 4 is 15.9 Å². The lowest BCUT2D eigenvalue weighted by Crippen LogP contribution is -2.09. The molecule has 0 amide bonds. The molecule has 0 aliphatic rings. The Kier molecular flexibility index (Phi) is 2.89. The molecule has 0 aliphatic heterocycles. The second kappa shape index (κ2) is 3.56. The van der Waals surface area contributed by atoms with E-state index in [1.807, 2.05) is 12.4 Å². The van der Waals surface area contributed by atoms with E-state index in [1.165, 1.54) is 5.56 Å². The first kappa shape index (κ1) is 9.72. The molecule has 1 heterocycles. The van der Waals surface area contributed by atoms with Crippen LogP contribution < -0.4 is 0 Å². The van der Waals surface area contributed by atoms with Crippen molar-refractivity contribution in [2.24, 2.45) is 5.41 Å². The van der Waals surface area contributed by atoms with Crippen molar-refractivity contribution in [1.82, 2.24) is 4.98 Å². The molecular formula is C10H14BrN. The predicted octanol–water partition coefficient (Wildman–Crippen LogP) is 3.43. The van der Waals surface area contributed by atoms with Crippen LogP contribution in [0.2, 0.25) is 0 Å². The zero-order chi connectivity index (χ0) is 9.19. The van der Waals surface area contributed by atoms with Gasteiger partial charge < -0.3 is 0 Å². The number of aromatic nitrogens is 1. The second-order valence-electron chi connectivity index (χ2n) is 4.20. The van der Waals surface area contributed by atoms with Gasteiger partial charge in [0.1, 0.15) is 0 Å². The van der Waals surface area contributed by atoms with Gasteiger partial charge in [-0.25, -0.2) is 0 Å². The fraction of sp³-hybridized carbons (Fsp3) is 0.500. The number of halogens is 1. The summed E-state index contributed by atoms with van der Waals surface area (Å²) in [7, 11) is 0. The molecule has 0 N–H and O–H groups in total. The second-order valence-corrected chi connectivity index (χ2v) is 5.06. The molecule has 0 saturated heterocycles. The number of hydrogen-bond acceptors (Lipinski definition) is 1.